The van der Waals surface area contributed by atoms with Gasteiger partial charge in [-0.25, -0.2) is 13.7 Å². The van der Waals surface area contributed by atoms with Gasteiger partial charge in [0.2, 0.25) is 28.3 Å². The van der Waals surface area contributed by atoms with Gasteiger partial charge in [0.15, 0.2) is 18.6 Å². The highest BCUT2D eigenvalue weighted by atomic mass is 14.9. The summed E-state index contributed by atoms with van der Waals surface area (Å²) in [7, 11) is 8.54. The summed E-state index contributed by atoms with van der Waals surface area (Å²) in [4.78, 5) is 0. The van der Waals surface area contributed by atoms with Crippen LogP contribution in [0.5, 0.6) is 0 Å². The van der Waals surface area contributed by atoms with Crippen LogP contribution in [0.4, 0.5) is 0 Å². The largest absolute Gasteiger partial charge is 0.220 e. The molecule has 4 heterocycles. The van der Waals surface area contributed by atoms with Crippen molar-refractivity contribution in [2.45, 2.75) is 103 Å². The van der Waals surface area contributed by atoms with Gasteiger partial charge < -0.3 is 0 Å². The summed E-state index contributed by atoms with van der Waals surface area (Å²) >= 11 is 0. The van der Waals surface area contributed by atoms with E-state index in [1.54, 1.807) is 0 Å². The summed E-state index contributed by atoms with van der Waals surface area (Å²) in [5.74, 6) is 0.684. The Morgan fingerprint density at radius 3 is 1.30 bits per heavy atom. The molecule has 424 valence electrons. The van der Waals surface area contributed by atoms with E-state index in [0.717, 1.165) is 6.42 Å². The Bertz CT molecular complexity index is 4370. The van der Waals surface area contributed by atoms with Crippen molar-refractivity contribution in [2.75, 3.05) is 0 Å². The molecule has 0 N–H and O–H groups in total. The number of para-hydroxylation sites is 1. The van der Waals surface area contributed by atoms with Gasteiger partial charge in [-0.2, -0.15) is 4.57 Å². The van der Waals surface area contributed by atoms with Crippen molar-refractivity contribution in [3.8, 4) is 45.0 Å². The molecule has 12 rings (SSSR count). The first-order valence-corrected chi connectivity index (χ1v) is 30.0. The molecule has 0 fully saturated rings. The molecule has 0 bridgehead atoms. The molecule has 0 radical (unpaired) electrons. The molecule has 0 atom stereocenters. The zero-order valence-electron chi connectivity index (χ0n) is 53.5. The second-order valence-electron chi connectivity index (χ2n) is 24.4. The van der Waals surface area contributed by atoms with Crippen LogP contribution in [0, 0.1) is 89.0 Å². The molecule has 0 aliphatic heterocycles. The number of hydrogen-bond acceptors (Lipinski definition) is 0. The molecule has 8 aromatic carbocycles. The minimum atomic E-state index is 0.684. The van der Waals surface area contributed by atoms with Gasteiger partial charge in [-0.05, 0) is 216 Å². The van der Waals surface area contributed by atoms with E-state index in [4.69, 9.17) is 0 Å². The van der Waals surface area contributed by atoms with Crippen molar-refractivity contribution in [1.82, 2.24) is 0 Å². The van der Waals surface area contributed by atoms with Crippen molar-refractivity contribution >= 4 is 43.2 Å². The number of pyridine rings is 4. The summed E-state index contributed by atoms with van der Waals surface area (Å²) < 4.78 is 9.00. The van der Waals surface area contributed by atoms with Crippen LogP contribution >= 0.6 is 0 Å². The lowest BCUT2D eigenvalue weighted by molar-refractivity contribution is -0.659. The van der Waals surface area contributed by atoms with Crippen molar-refractivity contribution in [3.05, 3.63) is 261 Å². The second kappa shape index (κ2) is 25.5. The monoisotopic (exact) mass is 1100 g/mol. The van der Waals surface area contributed by atoms with Gasteiger partial charge in [0.05, 0.1) is 21.9 Å². The van der Waals surface area contributed by atoms with Crippen molar-refractivity contribution in [2.24, 2.45) is 34.1 Å². The summed E-state index contributed by atoms with van der Waals surface area (Å²) in [6.07, 6.45) is 7.68. The van der Waals surface area contributed by atoms with Crippen molar-refractivity contribution < 1.29 is 18.3 Å². The second-order valence-corrected chi connectivity index (χ2v) is 24.4. The smallest absolute Gasteiger partial charge is 0.200 e. The SMILES string of the molecule is Cc1cc(C)c(C)c(-c2c3ccc(CC(C)C)cc3cc[n+]2C)c1.Cc1cc(C)c(C)c(-c2c3ccccc3cc[n+]2C)c1.Cc1cc(C)c(C)c(-c2cc3ccccc3c[n+]2C)c1.Cc1cc(C)c(C)c(-c2ccc3ccccc3[n+]2C)c1. The number of fused-ring (bicyclic) bond motifs is 4. The number of benzene rings is 8. The molecule has 84 heavy (non-hydrogen) atoms. The fourth-order valence-electron chi connectivity index (χ4n) is 12.4. The zero-order valence-corrected chi connectivity index (χ0v) is 53.5. The Hall–Kier alpha value is -8.60. The Morgan fingerprint density at radius 1 is 0.333 bits per heavy atom. The number of nitrogens with zero attached hydrogens (tertiary/aromatic N) is 4. The molecular weight excluding hydrogens is 1020 g/mol. The average molecular weight is 1110 g/mol. The first-order chi connectivity index (χ1) is 40.1. The molecule has 0 aliphatic rings. The Morgan fingerprint density at radius 2 is 0.762 bits per heavy atom. The molecule has 0 unspecified atom stereocenters. The van der Waals surface area contributed by atoms with Crippen LogP contribution in [0.15, 0.2) is 188 Å². The standard InChI is InChI=1S/C23H28N.3C19H20N/c1-15(2)11-19-7-8-21-20(14-19)9-10-24(6)23(21)22-13-16(3)12-17(4)18(22)5;1-13-9-14(2)15(3)18(10-13)19-11-16-7-5-6-8-17(16)12-20(19)4;1-13-11-14(2)15(3)17(12-13)19-10-9-16-7-5-6-8-18(16)20(19)4;1-13-11-14(2)15(3)18(12-13)19-17-8-6-5-7-16(17)9-10-20(19)4/h7-10,12-15H,11H2,1-6H3;3*5-12H,1-4H3/q4*+1. The third-order valence-corrected chi connectivity index (χ3v) is 17.3. The van der Waals surface area contributed by atoms with Gasteiger partial charge in [-0.1, -0.05) is 121 Å². The first kappa shape index (κ1) is 60.0. The van der Waals surface area contributed by atoms with E-state index in [0.29, 0.717) is 5.92 Å². The maximum atomic E-state index is 2.36. The number of aromatic nitrogens is 4. The van der Waals surface area contributed by atoms with Gasteiger partial charge in [0.25, 0.3) is 0 Å². The third kappa shape index (κ3) is 12.9. The molecule has 4 nitrogen and oxygen atoms in total. The number of aryl methyl sites for hydroxylation is 12. The highest BCUT2D eigenvalue weighted by Crippen LogP contribution is 2.34. The van der Waals surface area contributed by atoms with Crippen molar-refractivity contribution in [1.29, 1.82) is 0 Å². The molecule has 4 heteroatoms. The Balaban J connectivity index is 0.000000135. The molecule has 0 spiro atoms. The molecule has 0 saturated carbocycles. The van der Waals surface area contributed by atoms with E-state index in [9.17, 15) is 0 Å². The zero-order chi connectivity index (χ0) is 60.3. The topological polar surface area (TPSA) is 15.5 Å². The summed E-state index contributed by atoms with van der Waals surface area (Å²) in [6, 6.07) is 61.9. The molecular formula is C80H88N4+4. The lowest BCUT2D eigenvalue weighted by atomic mass is 9.93. The van der Waals surface area contributed by atoms with E-state index in [-0.39, 0.29) is 0 Å². The minimum absolute atomic E-state index is 0.684. The van der Waals surface area contributed by atoms with E-state index in [1.165, 1.54) is 161 Å². The molecule has 0 amide bonds. The third-order valence-electron chi connectivity index (χ3n) is 17.3. The first-order valence-electron chi connectivity index (χ1n) is 30.0. The Labute approximate surface area is 502 Å². The Kier molecular flexibility index (Phi) is 18.2. The molecule has 12 aromatic rings. The van der Waals surface area contributed by atoms with Gasteiger partial charge in [-0.3, -0.25) is 0 Å². The van der Waals surface area contributed by atoms with Crippen LogP contribution < -0.4 is 18.3 Å². The van der Waals surface area contributed by atoms with E-state index in [1.807, 2.05) is 0 Å². The fourth-order valence-corrected chi connectivity index (χ4v) is 12.4. The van der Waals surface area contributed by atoms with E-state index in [2.05, 4.69) is 332 Å². The highest BCUT2D eigenvalue weighted by molar-refractivity contribution is 5.95. The predicted molar refractivity (Wildman–Crippen MR) is 358 cm³/mol. The minimum Gasteiger partial charge on any atom is -0.200 e. The quantitative estimate of drug-likeness (QED) is 0.148. The van der Waals surface area contributed by atoms with Gasteiger partial charge >= 0.3 is 0 Å². The summed E-state index contributed by atoms with van der Waals surface area (Å²) in [5, 5.41) is 9.12. The average Bonchev–Trinajstić information content (AvgIpc) is 2.47. The van der Waals surface area contributed by atoms with Crippen molar-refractivity contribution in [3.63, 3.8) is 0 Å². The van der Waals surface area contributed by atoms with Crippen LogP contribution in [0.3, 0.4) is 0 Å². The number of rotatable bonds is 6. The van der Waals surface area contributed by atoms with E-state index < -0.39 is 0 Å². The summed E-state index contributed by atoms with van der Waals surface area (Å²) in [6.45, 7) is 30.9. The fraction of sp³-hybridized carbons (Fsp3) is 0.250. The predicted octanol–water partition coefficient (Wildman–Crippen LogP) is 18.2. The highest BCUT2D eigenvalue weighted by Gasteiger charge is 2.22. The summed E-state index contributed by atoms with van der Waals surface area (Å²) in [5.41, 5.74) is 29.3. The van der Waals surface area contributed by atoms with Crippen LogP contribution in [-0.2, 0) is 34.6 Å². The normalized spacial score (nSPS) is 11.1. The molecule has 4 aromatic heterocycles. The van der Waals surface area contributed by atoms with Crippen LogP contribution in [0.2, 0.25) is 0 Å². The lowest BCUT2D eigenvalue weighted by Gasteiger charge is -2.12. The van der Waals surface area contributed by atoms with Crippen LogP contribution in [0.25, 0.3) is 88.2 Å². The molecule has 0 aliphatic carbocycles. The van der Waals surface area contributed by atoms with Crippen LogP contribution in [-0.4, -0.2) is 0 Å². The lowest BCUT2D eigenvalue weighted by Crippen LogP contribution is -2.32. The van der Waals surface area contributed by atoms with Gasteiger partial charge in [0, 0.05) is 52.2 Å². The van der Waals surface area contributed by atoms with Gasteiger partial charge in [0.1, 0.15) is 28.2 Å². The molecule has 0 saturated heterocycles. The number of hydrogen-bond donors (Lipinski definition) is 0. The van der Waals surface area contributed by atoms with Gasteiger partial charge in [-0.15, -0.1) is 0 Å². The maximum Gasteiger partial charge on any atom is 0.220 e. The van der Waals surface area contributed by atoms with Crippen LogP contribution in [0.1, 0.15) is 86.2 Å². The van der Waals surface area contributed by atoms with E-state index >= 15 is 0 Å². The maximum absolute atomic E-state index is 2.36.